The van der Waals surface area contributed by atoms with Crippen LogP contribution in [-0.4, -0.2) is 40.7 Å². The summed E-state index contributed by atoms with van der Waals surface area (Å²) in [6.45, 7) is 7.40. The molecular weight excluding hydrogens is 463 g/mol. The molecule has 1 aromatic carbocycles. The van der Waals surface area contributed by atoms with E-state index in [4.69, 9.17) is 9.47 Å². The summed E-state index contributed by atoms with van der Waals surface area (Å²) in [4.78, 5) is 37.2. The van der Waals surface area contributed by atoms with E-state index in [-0.39, 0.29) is 36.9 Å². The Kier molecular flexibility index (Phi) is 7.11. The topological polar surface area (TPSA) is 87.5 Å². The Labute approximate surface area is 171 Å². The quantitative estimate of drug-likeness (QED) is 0.341. The van der Waals surface area contributed by atoms with Gasteiger partial charge in [0.2, 0.25) is 0 Å². The van der Waals surface area contributed by atoms with Gasteiger partial charge in [0.25, 0.3) is 0 Å². The standard InChI is InChI=1S/C19H21IN2O5/c1-5-26-18(24)16-15(20)17(19(25)27-6-2)22(21-16)10-14(23)13-8-7-11(3)12(4)9-13/h7-9H,5-6,10H2,1-4H3. The van der Waals surface area contributed by atoms with Gasteiger partial charge in [-0.05, 0) is 67.5 Å². The van der Waals surface area contributed by atoms with Gasteiger partial charge in [-0.25, -0.2) is 14.3 Å². The van der Waals surface area contributed by atoms with Crippen LogP contribution in [0, 0.1) is 17.4 Å². The van der Waals surface area contributed by atoms with Gasteiger partial charge in [-0.2, -0.15) is 5.10 Å². The van der Waals surface area contributed by atoms with Crippen LogP contribution in [0.3, 0.4) is 0 Å². The number of rotatable bonds is 7. The number of ether oxygens (including phenoxy) is 2. The Balaban J connectivity index is 2.42. The number of nitrogens with zero attached hydrogens (tertiary/aromatic N) is 2. The fourth-order valence-electron chi connectivity index (χ4n) is 2.42. The molecular formula is C19H21IN2O5. The summed E-state index contributed by atoms with van der Waals surface area (Å²) in [6, 6.07) is 5.39. The maximum atomic E-state index is 12.7. The van der Waals surface area contributed by atoms with Crippen molar-refractivity contribution in [3.05, 3.63) is 49.8 Å². The molecule has 0 N–H and O–H groups in total. The Bertz CT molecular complexity index is 888. The van der Waals surface area contributed by atoms with Crippen LogP contribution in [0.25, 0.3) is 0 Å². The van der Waals surface area contributed by atoms with Crippen molar-refractivity contribution in [3.63, 3.8) is 0 Å². The second-order valence-corrected chi connectivity index (χ2v) is 6.91. The van der Waals surface area contributed by atoms with Gasteiger partial charge in [0, 0.05) is 5.56 Å². The van der Waals surface area contributed by atoms with Crippen LogP contribution < -0.4 is 0 Å². The molecule has 2 rings (SSSR count). The number of halogens is 1. The zero-order chi connectivity index (χ0) is 20.1. The fraction of sp³-hybridized carbons (Fsp3) is 0.368. The van der Waals surface area contributed by atoms with Crippen LogP contribution in [0.15, 0.2) is 18.2 Å². The second kappa shape index (κ2) is 9.12. The number of benzene rings is 1. The highest BCUT2D eigenvalue weighted by molar-refractivity contribution is 14.1. The summed E-state index contributed by atoms with van der Waals surface area (Å²) in [6.07, 6.45) is 0. The van der Waals surface area contributed by atoms with E-state index in [0.29, 0.717) is 9.13 Å². The lowest BCUT2D eigenvalue weighted by molar-refractivity contribution is 0.0505. The van der Waals surface area contributed by atoms with E-state index in [2.05, 4.69) is 5.10 Å². The highest BCUT2D eigenvalue weighted by atomic mass is 127. The first kappa shape index (κ1) is 21.1. The number of hydrogen-bond donors (Lipinski definition) is 0. The average molecular weight is 484 g/mol. The molecule has 1 heterocycles. The highest BCUT2D eigenvalue weighted by Gasteiger charge is 2.28. The van der Waals surface area contributed by atoms with Crippen LogP contribution in [0.5, 0.6) is 0 Å². The van der Waals surface area contributed by atoms with Gasteiger partial charge < -0.3 is 9.47 Å². The zero-order valence-corrected chi connectivity index (χ0v) is 17.8. The molecule has 0 saturated carbocycles. The van der Waals surface area contributed by atoms with Crippen molar-refractivity contribution < 1.29 is 23.9 Å². The Hall–Kier alpha value is -2.23. The monoisotopic (exact) mass is 484 g/mol. The minimum atomic E-state index is -0.648. The van der Waals surface area contributed by atoms with E-state index in [9.17, 15) is 14.4 Å². The van der Waals surface area contributed by atoms with Crippen LogP contribution in [0.1, 0.15) is 56.3 Å². The summed E-state index contributed by atoms with van der Waals surface area (Å²) in [7, 11) is 0. The SMILES string of the molecule is CCOC(=O)c1nn(CC(=O)c2ccc(C)c(C)c2)c(C(=O)OCC)c1I. The minimum Gasteiger partial charge on any atom is -0.461 e. The van der Waals surface area contributed by atoms with E-state index >= 15 is 0 Å². The van der Waals surface area contributed by atoms with Crippen LogP contribution in [-0.2, 0) is 16.0 Å². The molecule has 0 spiro atoms. The Morgan fingerprint density at radius 1 is 1.04 bits per heavy atom. The van der Waals surface area contributed by atoms with Gasteiger partial charge in [0.05, 0.1) is 16.8 Å². The molecule has 0 amide bonds. The predicted molar refractivity (Wildman–Crippen MR) is 107 cm³/mol. The summed E-state index contributed by atoms with van der Waals surface area (Å²) in [5.41, 5.74) is 2.65. The van der Waals surface area contributed by atoms with Crippen molar-refractivity contribution in [2.24, 2.45) is 0 Å². The predicted octanol–water partition coefficient (Wildman–Crippen LogP) is 3.34. The van der Waals surface area contributed by atoms with Crippen molar-refractivity contribution in [2.45, 2.75) is 34.2 Å². The number of aromatic nitrogens is 2. The molecule has 27 heavy (non-hydrogen) atoms. The van der Waals surface area contributed by atoms with Crippen LogP contribution in [0.2, 0.25) is 0 Å². The van der Waals surface area contributed by atoms with Gasteiger partial charge in [0.1, 0.15) is 6.54 Å². The van der Waals surface area contributed by atoms with Gasteiger partial charge >= 0.3 is 11.9 Å². The molecule has 0 aliphatic heterocycles. The van der Waals surface area contributed by atoms with Crippen molar-refractivity contribution in [1.29, 1.82) is 0 Å². The third-order valence-electron chi connectivity index (χ3n) is 3.95. The van der Waals surface area contributed by atoms with Gasteiger partial charge in [-0.15, -0.1) is 0 Å². The average Bonchev–Trinajstić information content (AvgIpc) is 2.94. The highest BCUT2D eigenvalue weighted by Crippen LogP contribution is 2.20. The molecule has 0 bridgehead atoms. The lowest BCUT2D eigenvalue weighted by Gasteiger charge is -2.08. The lowest BCUT2D eigenvalue weighted by Crippen LogP contribution is -2.19. The number of hydrogen-bond acceptors (Lipinski definition) is 6. The molecule has 0 fully saturated rings. The molecule has 144 valence electrons. The third kappa shape index (κ3) is 4.74. The minimum absolute atomic E-state index is 0.00612. The third-order valence-corrected chi connectivity index (χ3v) is 4.98. The smallest absolute Gasteiger partial charge is 0.359 e. The number of ketones is 1. The molecule has 0 unspecified atom stereocenters. The molecule has 0 atom stereocenters. The number of esters is 2. The molecule has 0 aliphatic carbocycles. The van der Waals surface area contributed by atoms with E-state index in [1.54, 1.807) is 26.0 Å². The molecule has 2 aromatic rings. The maximum absolute atomic E-state index is 12.7. The Morgan fingerprint density at radius 2 is 1.67 bits per heavy atom. The van der Waals surface area contributed by atoms with Crippen LogP contribution in [0.4, 0.5) is 0 Å². The fourth-order valence-corrected chi connectivity index (χ4v) is 3.25. The molecule has 8 heteroatoms. The molecule has 0 radical (unpaired) electrons. The van der Waals surface area contributed by atoms with Gasteiger partial charge in [-0.1, -0.05) is 12.1 Å². The van der Waals surface area contributed by atoms with Crippen molar-refractivity contribution in [3.8, 4) is 0 Å². The maximum Gasteiger partial charge on any atom is 0.359 e. The van der Waals surface area contributed by atoms with Gasteiger partial charge in [-0.3, -0.25) is 4.79 Å². The van der Waals surface area contributed by atoms with Gasteiger partial charge in [0.15, 0.2) is 17.2 Å². The lowest BCUT2D eigenvalue weighted by atomic mass is 10.0. The first-order chi connectivity index (χ1) is 12.8. The number of carbonyl (C=O) groups is 3. The van der Waals surface area contributed by atoms with E-state index in [1.807, 2.05) is 42.5 Å². The molecule has 7 nitrogen and oxygen atoms in total. The zero-order valence-electron chi connectivity index (χ0n) is 15.7. The van der Waals surface area contributed by atoms with E-state index in [0.717, 1.165) is 11.1 Å². The normalized spacial score (nSPS) is 10.6. The van der Waals surface area contributed by atoms with Crippen LogP contribution >= 0.6 is 22.6 Å². The first-order valence-electron chi connectivity index (χ1n) is 8.51. The summed E-state index contributed by atoms with van der Waals surface area (Å²) in [5.74, 6) is -1.51. The number of aryl methyl sites for hydroxylation is 2. The summed E-state index contributed by atoms with van der Waals surface area (Å²) < 4.78 is 11.6. The number of carbonyl (C=O) groups excluding carboxylic acids is 3. The molecule has 0 saturated heterocycles. The summed E-state index contributed by atoms with van der Waals surface area (Å²) >= 11 is 1.85. The summed E-state index contributed by atoms with van der Waals surface area (Å²) in [5, 5.41) is 4.15. The van der Waals surface area contributed by atoms with Crippen molar-refractivity contribution in [1.82, 2.24) is 9.78 Å². The van der Waals surface area contributed by atoms with Crippen molar-refractivity contribution >= 4 is 40.3 Å². The number of Topliss-reactive ketones (excluding diaryl/α,β-unsaturated/α-hetero) is 1. The molecule has 0 aliphatic rings. The first-order valence-corrected chi connectivity index (χ1v) is 9.58. The second-order valence-electron chi connectivity index (χ2n) is 5.83. The molecule has 1 aromatic heterocycles. The van der Waals surface area contributed by atoms with E-state index < -0.39 is 11.9 Å². The van der Waals surface area contributed by atoms with Crippen molar-refractivity contribution in [2.75, 3.05) is 13.2 Å². The largest absolute Gasteiger partial charge is 0.461 e. The van der Waals surface area contributed by atoms with E-state index in [1.165, 1.54) is 4.68 Å². The Morgan fingerprint density at radius 3 is 2.26 bits per heavy atom.